The summed E-state index contributed by atoms with van der Waals surface area (Å²) in [6.07, 6.45) is 3.54. The van der Waals surface area contributed by atoms with Gasteiger partial charge in [0.15, 0.2) is 5.84 Å². The molecule has 7 nitrogen and oxygen atoms in total. The Morgan fingerprint density at radius 2 is 2.18 bits per heavy atom. The molecule has 1 aromatic carbocycles. The maximum atomic E-state index is 11.0. The molecule has 0 spiro atoms. The highest BCUT2D eigenvalue weighted by molar-refractivity contribution is 5.95. The number of ether oxygens (including phenoxy) is 1. The van der Waals surface area contributed by atoms with Gasteiger partial charge in [0, 0.05) is 5.56 Å². The lowest BCUT2D eigenvalue weighted by Gasteiger charge is -1.95. The molecule has 1 heterocycles. The summed E-state index contributed by atoms with van der Waals surface area (Å²) in [6.45, 7) is 1.99. The minimum Gasteiger partial charge on any atom is -0.463 e. The summed E-state index contributed by atoms with van der Waals surface area (Å²) in [5.41, 5.74) is 6.87. The van der Waals surface area contributed by atoms with Gasteiger partial charge in [0.05, 0.1) is 12.7 Å². The average Bonchev–Trinajstić information content (AvgIpc) is 3.02. The lowest BCUT2D eigenvalue weighted by molar-refractivity contribution is -0.137. The van der Waals surface area contributed by atoms with Crippen LogP contribution in [0.5, 0.6) is 0 Å². The molecule has 22 heavy (non-hydrogen) atoms. The van der Waals surface area contributed by atoms with Crippen LogP contribution in [0, 0.1) is 0 Å². The van der Waals surface area contributed by atoms with Gasteiger partial charge in [-0.2, -0.15) is 0 Å². The number of hydrogen-bond acceptors (Lipinski definition) is 6. The molecular formula is C15H15N3O4. The number of oxazole rings is 1. The van der Waals surface area contributed by atoms with Crippen molar-refractivity contribution < 1.29 is 18.8 Å². The SMILES string of the molecule is CCOC(=O)/C=C/ON=C(N)c1coc(-c2ccccc2)n1. The number of hydrogen-bond donors (Lipinski definition) is 1. The van der Waals surface area contributed by atoms with Crippen molar-refractivity contribution >= 4 is 11.8 Å². The van der Waals surface area contributed by atoms with Gasteiger partial charge < -0.3 is 19.7 Å². The Morgan fingerprint density at radius 1 is 1.41 bits per heavy atom. The Morgan fingerprint density at radius 3 is 2.91 bits per heavy atom. The highest BCUT2D eigenvalue weighted by Gasteiger charge is 2.09. The molecule has 1 aromatic heterocycles. The zero-order valence-corrected chi connectivity index (χ0v) is 11.9. The van der Waals surface area contributed by atoms with Crippen molar-refractivity contribution in [3.8, 4) is 11.5 Å². The van der Waals surface area contributed by atoms with Gasteiger partial charge in [-0.3, -0.25) is 0 Å². The topological polar surface area (TPSA) is 99.9 Å². The number of esters is 1. The molecule has 0 aliphatic carbocycles. The average molecular weight is 301 g/mol. The van der Waals surface area contributed by atoms with E-state index < -0.39 is 5.97 Å². The van der Waals surface area contributed by atoms with E-state index in [4.69, 9.17) is 15.0 Å². The fourth-order valence-electron chi connectivity index (χ4n) is 1.52. The first-order valence-electron chi connectivity index (χ1n) is 6.54. The van der Waals surface area contributed by atoms with E-state index in [0.717, 1.165) is 17.9 Å². The van der Waals surface area contributed by atoms with Gasteiger partial charge >= 0.3 is 5.97 Å². The maximum Gasteiger partial charge on any atom is 0.333 e. The van der Waals surface area contributed by atoms with Gasteiger partial charge in [-0.1, -0.05) is 23.4 Å². The third kappa shape index (κ3) is 4.20. The van der Waals surface area contributed by atoms with E-state index in [1.807, 2.05) is 30.3 Å². The Kier molecular flexibility index (Phi) is 5.31. The monoisotopic (exact) mass is 301 g/mol. The molecule has 0 amide bonds. The lowest BCUT2D eigenvalue weighted by atomic mass is 10.2. The molecule has 0 aliphatic heterocycles. The van der Waals surface area contributed by atoms with Crippen LogP contribution in [0.15, 0.2) is 58.5 Å². The van der Waals surface area contributed by atoms with Gasteiger partial charge in [-0.05, 0) is 19.1 Å². The third-order valence-corrected chi connectivity index (χ3v) is 2.49. The number of oxime groups is 1. The van der Waals surface area contributed by atoms with Crippen LogP contribution in [0.1, 0.15) is 12.6 Å². The van der Waals surface area contributed by atoms with Crippen LogP contribution in [-0.4, -0.2) is 23.4 Å². The molecule has 0 aliphatic rings. The van der Waals surface area contributed by atoms with Crippen LogP contribution in [0.4, 0.5) is 0 Å². The summed E-state index contributed by atoms with van der Waals surface area (Å²) in [7, 11) is 0. The van der Waals surface area contributed by atoms with Crippen LogP contribution in [0.25, 0.3) is 11.5 Å². The quantitative estimate of drug-likeness (QED) is 0.219. The summed E-state index contributed by atoms with van der Waals surface area (Å²) in [5.74, 6) is -0.0701. The van der Waals surface area contributed by atoms with Crippen LogP contribution in [0.2, 0.25) is 0 Å². The standard InChI is InChI=1S/C15H15N3O4/c1-2-20-13(19)8-9-22-18-14(16)12-10-21-15(17-12)11-6-4-3-5-7-11/h3-10H,2H2,1H3,(H2,16,18)/b9-8+. The Bertz CT molecular complexity index is 677. The zero-order chi connectivity index (χ0) is 15.8. The Balaban J connectivity index is 1.98. The molecular weight excluding hydrogens is 286 g/mol. The second-order valence-electron chi connectivity index (χ2n) is 4.04. The van der Waals surface area contributed by atoms with E-state index in [0.29, 0.717) is 11.6 Å². The number of rotatable bonds is 6. The number of aromatic nitrogens is 1. The van der Waals surface area contributed by atoms with Crippen molar-refractivity contribution in [2.45, 2.75) is 6.92 Å². The number of amidine groups is 1. The number of benzene rings is 1. The summed E-state index contributed by atoms with van der Waals surface area (Å²) < 4.78 is 10.0. The molecule has 0 unspecified atom stereocenters. The van der Waals surface area contributed by atoms with E-state index in [1.165, 1.54) is 6.26 Å². The minimum atomic E-state index is -0.524. The molecule has 114 valence electrons. The molecule has 0 fully saturated rings. The van der Waals surface area contributed by atoms with Crippen molar-refractivity contribution in [3.05, 3.63) is 54.6 Å². The minimum absolute atomic E-state index is 0.0273. The summed E-state index contributed by atoms with van der Waals surface area (Å²) in [6, 6.07) is 9.37. The second-order valence-corrected chi connectivity index (χ2v) is 4.04. The molecule has 0 saturated heterocycles. The van der Waals surface area contributed by atoms with Crippen molar-refractivity contribution in [1.82, 2.24) is 4.98 Å². The zero-order valence-electron chi connectivity index (χ0n) is 11.9. The van der Waals surface area contributed by atoms with E-state index in [1.54, 1.807) is 6.92 Å². The molecule has 0 bridgehead atoms. The van der Waals surface area contributed by atoms with Gasteiger partial charge in [-0.15, -0.1) is 0 Å². The predicted octanol–water partition coefficient (Wildman–Crippen LogP) is 2.06. The molecule has 2 aromatic rings. The lowest BCUT2D eigenvalue weighted by Crippen LogP contribution is -2.13. The highest BCUT2D eigenvalue weighted by Crippen LogP contribution is 2.17. The normalized spacial score (nSPS) is 11.6. The Labute approximate surface area is 127 Å². The van der Waals surface area contributed by atoms with Crippen LogP contribution in [-0.2, 0) is 14.4 Å². The summed E-state index contributed by atoms with van der Waals surface area (Å²) in [5, 5.41) is 3.61. The van der Waals surface area contributed by atoms with E-state index in [2.05, 4.69) is 14.9 Å². The van der Waals surface area contributed by atoms with E-state index in [-0.39, 0.29) is 12.4 Å². The van der Waals surface area contributed by atoms with Crippen LogP contribution >= 0.6 is 0 Å². The maximum absolute atomic E-state index is 11.0. The first-order valence-corrected chi connectivity index (χ1v) is 6.54. The largest absolute Gasteiger partial charge is 0.463 e. The number of nitrogens with two attached hydrogens (primary N) is 1. The Hall–Kier alpha value is -3.09. The number of carbonyl (C=O) groups is 1. The highest BCUT2D eigenvalue weighted by atomic mass is 16.6. The van der Waals surface area contributed by atoms with Crippen LogP contribution in [0.3, 0.4) is 0 Å². The van der Waals surface area contributed by atoms with Crippen molar-refractivity contribution in [3.63, 3.8) is 0 Å². The molecule has 2 rings (SSSR count). The molecule has 2 N–H and O–H groups in total. The molecule has 0 radical (unpaired) electrons. The predicted molar refractivity (Wildman–Crippen MR) is 79.5 cm³/mol. The van der Waals surface area contributed by atoms with Crippen molar-refractivity contribution in [1.29, 1.82) is 0 Å². The number of nitrogens with zero attached hydrogens (tertiary/aromatic N) is 2. The van der Waals surface area contributed by atoms with E-state index in [9.17, 15) is 4.79 Å². The first-order chi connectivity index (χ1) is 10.7. The fraction of sp³-hybridized carbons (Fsp3) is 0.133. The summed E-state index contributed by atoms with van der Waals surface area (Å²) >= 11 is 0. The van der Waals surface area contributed by atoms with Crippen molar-refractivity contribution in [2.75, 3.05) is 6.61 Å². The number of carbonyl (C=O) groups excluding carboxylic acids is 1. The molecule has 0 atom stereocenters. The third-order valence-electron chi connectivity index (χ3n) is 2.49. The van der Waals surface area contributed by atoms with Crippen LogP contribution < -0.4 is 5.73 Å². The summed E-state index contributed by atoms with van der Waals surface area (Å²) in [4.78, 5) is 20.0. The van der Waals surface area contributed by atoms with Gasteiger partial charge in [0.1, 0.15) is 18.2 Å². The van der Waals surface area contributed by atoms with Gasteiger partial charge in [-0.25, -0.2) is 9.78 Å². The fourth-order valence-corrected chi connectivity index (χ4v) is 1.52. The van der Waals surface area contributed by atoms with E-state index >= 15 is 0 Å². The molecule has 0 saturated carbocycles. The van der Waals surface area contributed by atoms with Gasteiger partial charge in [0.25, 0.3) is 0 Å². The smallest absolute Gasteiger partial charge is 0.333 e. The van der Waals surface area contributed by atoms with Gasteiger partial charge in [0.2, 0.25) is 5.89 Å². The second kappa shape index (κ2) is 7.63. The van der Waals surface area contributed by atoms with Crippen molar-refractivity contribution in [2.24, 2.45) is 10.9 Å². The first kappa shape index (κ1) is 15.3. The molecule has 7 heteroatoms.